The summed E-state index contributed by atoms with van der Waals surface area (Å²) >= 11 is 0. The summed E-state index contributed by atoms with van der Waals surface area (Å²) in [5.74, 6) is 0.711. The molecule has 78 valence electrons. The molecule has 0 rings (SSSR count). The van der Waals surface area contributed by atoms with Crippen molar-refractivity contribution in [1.82, 2.24) is 10.6 Å². The molecule has 0 aliphatic rings. The van der Waals surface area contributed by atoms with E-state index in [1.54, 1.807) is 6.26 Å². The lowest BCUT2D eigenvalue weighted by atomic mass is 10.4. The van der Waals surface area contributed by atoms with Crippen LogP contribution in [0.25, 0.3) is 0 Å². The fraction of sp³-hybridized carbons (Fsp3) is 0.875. The minimum atomic E-state index is -0.724. The Morgan fingerprint density at radius 2 is 2.15 bits per heavy atom. The molecule has 0 saturated heterocycles. The van der Waals surface area contributed by atoms with Gasteiger partial charge in [-0.05, 0) is 19.9 Å². The van der Waals surface area contributed by atoms with E-state index in [1.165, 1.54) is 0 Å². The first kappa shape index (κ1) is 12.6. The predicted molar refractivity (Wildman–Crippen MR) is 55.1 cm³/mol. The average molecular weight is 206 g/mol. The Balaban J connectivity index is 3.16. The molecule has 1 unspecified atom stereocenters. The normalized spacial score (nSPS) is 12.5. The first-order valence-corrected chi connectivity index (χ1v) is 6.17. The molecular weight excluding hydrogens is 188 g/mol. The molecule has 0 saturated carbocycles. The fourth-order valence-electron chi connectivity index (χ4n) is 0.862. The number of amides is 1. The van der Waals surface area contributed by atoms with Crippen LogP contribution in [0.1, 0.15) is 13.3 Å². The number of nitrogens with one attached hydrogen (secondary N) is 2. The van der Waals surface area contributed by atoms with E-state index in [4.69, 9.17) is 0 Å². The van der Waals surface area contributed by atoms with E-state index in [-0.39, 0.29) is 5.91 Å². The number of rotatable bonds is 7. The van der Waals surface area contributed by atoms with E-state index in [0.29, 0.717) is 18.8 Å². The van der Waals surface area contributed by atoms with Gasteiger partial charge in [-0.2, -0.15) is 0 Å². The van der Waals surface area contributed by atoms with Gasteiger partial charge < -0.3 is 10.6 Å². The van der Waals surface area contributed by atoms with Gasteiger partial charge in [-0.25, -0.2) is 0 Å². The number of hydrogen-bond donors (Lipinski definition) is 2. The molecule has 0 heterocycles. The molecule has 0 aromatic carbocycles. The number of carbonyl (C=O) groups excluding carboxylic acids is 1. The Morgan fingerprint density at radius 3 is 2.69 bits per heavy atom. The smallest absolute Gasteiger partial charge is 0.233 e. The zero-order valence-corrected chi connectivity index (χ0v) is 9.08. The van der Waals surface area contributed by atoms with E-state index in [9.17, 15) is 9.00 Å². The van der Waals surface area contributed by atoms with Gasteiger partial charge in [-0.15, -0.1) is 0 Å². The first-order valence-electron chi connectivity index (χ1n) is 4.44. The van der Waals surface area contributed by atoms with Crippen LogP contribution in [0.4, 0.5) is 0 Å². The molecule has 0 aromatic heterocycles. The van der Waals surface area contributed by atoms with Gasteiger partial charge in [0.2, 0.25) is 5.91 Å². The second kappa shape index (κ2) is 8.19. The van der Waals surface area contributed by atoms with E-state index in [1.807, 2.05) is 6.92 Å². The van der Waals surface area contributed by atoms with Crippen molar-refractivity contribution in [3.63, 3.8) is 0 Å². The predicted octanol–water partition coefficient (Wildman–Crippen LogP) is -0.519. The van der Waals surface area contributed by atoms with Gasteiger partial charge in [0.25, 0.3) is 0 Å². The van der Waals surface area contributed by atoms with Crippen LogP contribution in [0.2, 0.25) is 0 Å². The van der Waals surface area contributed by atoms with Gasteiger partial charge in [0.05, 0.1) is 6.54 Å². The molecule has 0 radical (unpaired) electrons. The summed E-state index contributed by atoms with van der Waals surface area (Å²) in [6, 6.07) is 0. The van der Waals surface area contributed by atoms with Gasteiger partial charge in [-0.1, -0.05) is 0 Å². The molecule has 1 atom stereocenters. The zero-order chi connectivity index (χ0) is 10.1. The van der Waals surface area contributed by atoms with Crippen LogP contribution in [-0.4, -0.2) is 41.8 Å². The Morgan fingerprint density at radius 1 is 1.46 bits per heavy atom. The monoisotopic (exact) mass is 206 g/mol. The van der Waals surface area contributed by atoms with Crippen LogP contribution in [0, 0.1) is 0 Å². The third-order valence-electron chi connectivity index (χ3n) is 1.44. The minimum Gasteiger partial charge on any atom is -0.355 e. The molecule has 0 aliphatic carbocycles. The SMILES string of the molecule is CCNC(=O)CNCCCS(C)=O. The van der Waals surface area contributed by atoms with Crippen LogP contribution in [0.15, 0.2) is 0 Å². The van der Waals surface area contributed by atoms with Crippen molar-refractivity contribution >= 4 is 16.7 Å². The van der Waals surface area contributed by atoms with Crippen LogP contribution in [0.3, 0.4) is 0 Å². The van der Waals surface area contributed by atoms with Crippen molar-refractivity contribution in [2.45, 2.75) is 13.3 Å². The van der Waals surface area contributed by atoms with E-state index in [2.05, 4.69) is 10.6 Å². The van der Waals surface area contributed by atoms with Crippen molar-refractivity contribution in [2.24, 2.45) is 0 Å². The Bertz CT molecular complexity index is 174. The van der Waals surface area contributed by atoms with Gasteiger partial charge in [0.1, 0.15) is 0 Å². The maximum absolute atomic E-state index is 10.9. The molecule has 13 heavy (non-hydrogen) atoms. The number of hydrogen-bond acceptors (Lipinski definition) is 3. The molecule has 1 amide bonds. The third-order valence-corrected chi connectivity index (χ3v) is 2.31. The molecule has 2 N–H and O–H groups in total. The van der Waals surface area contributed by atoms with E-state index >= 15 is 0 Å². The van der Waals surface area contributed by atoms with Crippen LogP contribution in [-0.2, 0) is 15.6 Å². The summed E-state index contributed by atoms with van der Waals surface area (Å²) < 4.78 is 10.6. The molecule has 0 aromatic rings. The summed E-state index contributed by atoms with van der Waals surface area (Å²) in [4.78, 5) is 10.9. The highest BCUT2D eigenvalue weighted by Gasteiger charge is 1.97. The second-order valence-corrected chi connectivity index (χ2v) is 4.32. The van der Waals surface area contributed by atoms with Crippen LogP contribution >= 0.6 is 0 Å². The lowest BCUT2D eigenvalue weighted by Gasteiger charge is -2.03. The van der Waals surface area contributed by atoms with Crippen molar-refractivity contribution in [3.05, 3.63) is 0 Å². The van der Waals surface area contributed by atoms with Crippen molar-refractivity contribution < 1.29 is 9.00 Å². The highest BCUT2D eigenvalue weighted by molar-refractivity contribution is 7.84. The van der Waals surface area contributed by atoms with Gasteiger partial charge in [0.15, 0.2) is 0 Å². The summed E-state index contributed by atoms with van der Waals surface area (Å²) in [6.45, 7) is 3.65. The topological polar surface area (TPSA) is 58.2 Å². The molecule has 0 bridgehead atoms. The standard InChI is InChI=1S/C8H18N2O2S/c1-3-10-8(11)7-9-5-4-6-13(2)12/h9H,3-7H2,1-2H3,(H,10,11). The second-order valence-electron chi connectivity index (χ2n) is 2.76. The van der Waals surface area contributed by atoms with Crippen molar-refractivity contribution in [2.75, 3.05) is 31.6 Å². The van der Waals surface area contributed by atoms with Crippen LogP contribution in [0.5, 0.6) is 0 Å². The number of carbonyl (C=O) groups is 1. The lowest BCUT2D eigenvalue weighted by molar-refractivity contribution is -0.120. The first-order chi connectivity index (χ1) is 6.16. The maximum atomic E-state index is 10.9. The summed E-state index contributed by atoms with van der Waals surface area (Å²) in [5, 5.41) is 5.66. The zero-order valence-electron chi connectivity index (χ0n) is 8.26. The summed E-state index contributed by atoms with van der Waals surface area (Å²) in [6.07, 6.45) is 2.53. The highest BCUT2D eigenvalue weighted by atomic mass is 32.2. The van der Waals surface area contributed by atoms with E-state index in [0.717, 1.165) is 13.0 Å². The maximum Gasteiger partial charge on any atom is 0.233 e. The molecule has 4 nitrogen and oxygen atoms in total. The van der Waals surface area contributed by atoms with Crippen molar-refractivity contribution in [3.8, 4) is 0 Å². The molecule has 5 heteroatoms. The Hall–Kier alpha value is -0.420. The van der Waals surface area contributed by atoms with Crippen LogP contribution < -0.4 is 10.6 Å². The van der Waals surface area contributed by atoms with Gasteiger partial charge in [-0.3, -0.25) is 9.00 Å². The summed E-state index contributed by atoms with van der Waals surface area (Å²) in [7, 11) is -0.724. The van der Waals surface area contributed by atoms with Crippen molar-refractivity contribution in [1.29, 1.82) is 0 Å². The number of likely N-dealkylation sites (N-methyl/N-ethyl adjacent to an activating group) is 1. The van der Waals surface area contributed by atoms with Gasteiger partial charge >= 0.3 is 0 Å². The highest BCUT2D eigenvalue weighted by Crippen LogP contribution is 1.80. The largest absolute Gasteiger partial charge is 0.355 e. The minimum absolute atomic E-state index is 0.0140. The quantitative estimate of drug-likeness (QED) is 0.551. The van der Waals surface area contributed by atoms with E-state index < -0.39 is 10.8 Å². The lowest BCUT2D eigenvalue weighted by Crippen LogP contribution is -2.34. The Kier molecular flexibility index (Phi) is 7.93. The summed E-state index contributed by atoms with van der Waals surface area (Å²) in [5.41, 5.74) is 0. The molecule has 0 fully saturated rings. The third kappa shape index (κ3) is 9.49. The fourth-order valence-corrected chi connectivity index (χ4v) is 1.41. The molecule has 0 aliphatic heterocycles. The van der Waals surface area contributed by atoms with Gasteiger partial charge in [0, 0.05) is 29.4 Å². The Labute approximate surface area is 81.9 Å². The average Bonchev–Trinajstić information content (AvgIpc) is 2.03. The molecular formula is C8H18N2O2S. The molecule has 0 spiro atoms.